The van der Waals surface area contributed by atoms with Crippen LogP contribution in [0.4, 0.5) is 4.79 Å². The van der Waals surface area contributed by atoms with Gasteiger partial charge in [0.25, 0.3) is 0 Å². The molecule has 1 fully saturated rings. The Kier molecular flexibility index (Phi) is 6.63. The van der Waals surface area contributed by atoms with E-state index in [2.05, 4.69) is 29.5 Å². The Morgan fingerprint density at radius 3 is 2.79 bits per heavy atom. The molecule has 24 heavy (non-hydrogen) atoms. The van der Waals surface area contributed by atoms with Crippen molar-refractivity contribution in [2.75, 3.05) is 19.6 Å². The molecule has 2 rings (SSSR count). The van der Waals surface area contributed by atoms with Crippen molar-refractivity contribution in [1.82, 2.24) is 25.1 Å². The molecule has 0 aromatic carbocycles. The number of piperidine rings is 1. The smallest absolute Gasteiger partial charge is 0.317 e. The molecular weight excluding hydrogens is 306 g/mol. The molecule has 0 saturated carbocycles. The summed E-state index contributed by atoms with van der Waals surface area (Å²) in [6, 6.07) is -0.0375. The molecule has 0 radical (unpaired) electrons. The maximum Gasteiger partial charge on any atom is 0.317 e. The molecule has 2 heterocycles. The van der Waals surface area contributed by atoms with E-state index in [0.29, 0.717) is 25.6 Å². The lowest BCUT2D eigenvalue weighted by atomic mass is 9.97. The number of aromatic nitrogens is 2. The van der Waals surface area contributed by atoms with Crippen molar-refractivity contribution < 1.29 is 9.59 Å². The number of nitrogens with one attached hydrogen (secondary N) is 2. The molecular formula is C17H29N5O2. The Bertz CT molecular complexity index is 529. The monoisotopic (exact) mass is 335 g/mol. The van der Waals surface area contributed by atoms with E-state index in [1.165, 1.54) is 0 Å². The number of urea groups is 1. The van der Waals surface area contributed by atoms with Gasteiger partial charge in [0.1, 0.15) is 0 Å². The second-order valence-corrected chi connectivity index (χ2v) is 7.03. The number of hydrogen-bond donors (Lipinski definition) is 2. The molecule has 0 bridgehead atoms. The molecule has 1 aromatic heterocycles. The van der Waals surface area contributed by atoms with Gasteiger partial charge in [0.15, 0.2) is 0 Å². The van der Waals surface area contributed by atoms with Crippen LogP contribution < -0.4 is 10.6 Å². The van der Waals surface area contributed by atoms with Gasteiger partial charge in [0.2, 0.25) is 5.91 Å². The largest absolute Gasteiger partial charge is 0.352 e. The summed E-state index contributed by atoms with van der Waals surface area (Å²) < 4.78 is 1.94. The first kappa shape index (κ1) is 18.3. The third kappa shape index (κ3) is 5.54. The van der Waals surface area contributed by atoms with Crippen LogP contribution in [0.25, 0.3) is 0 Å². The number of imidazole rings is 1. The first-order chi connectivity index (χ1) is 11.5. The maximum atomic E-state index is 12.5. The number of amides is 3. The first-order valence-electron chi connectivity index (χ1n) is 8.74. The molecule has 1 aliphatic heterocycles. The summed E-state index contributed by atoms with van der Waals surface area (Å²) in [5.74, 6) is 0.319. The Labute approximate surface area is 143 Å². The molecule has 1 saturated heterocycles. The molecule has 1 aromatic rings. The van der Waals surface area contributed by atoms with Gasteiger partial charge in [-0.15, -0.1) is 0 Å². The highest BCUT2D eigenvalue weighted by molar-refractivity contribution is 5.81. The fraction of sp³-hybridized carbons (Fsp3) is 0.706. The zero-order chi connectivity index (χ0) is 17.5. The predicted molar refractivity (Wildman–Crippen MR) is 92.4 cm³/mol. The highest BCUT2D eigenvalue weighted by Crippen LogP contribution is 2.17. The summed E-state index contributed by atoms with van der Waals surface area (Å²) in [6.07, 6.45) is 7.04. The number of carbonyl (C=O) groups excluding carboxylic acids is 2. The van der Waals surface area contributed by atoms with Crippen molar-refractivity contribution in [2.24, 2.45) is 11.8 Å². The second-order valence-electron chi connectivity index (χ2n) is 7.03. The molecule has 7 nitrogen and oxygen atoms in total. The molecule has 7 heteroatoms. The second kappa shape index (κ2) is 8.70. The van der Waals surface area contributed by atoms with Gasteiger partial charge in [-0.25, -0.2) is 9.78 Å². The van der Waals surface area contributed by atoms with Gasteiger partial charge in [0, 0.05) is 44.6 Å². The summed E-state index contributed by atoms with van der Waals surface area (Å²) >= 11 is 0. The van der Waals surface area contributed by atoms with Gasteiger partial charge in [-0.05, 0) is 25.7 Å². The lowest BCUT2D eigenvalue weighted by Gasteiger charge is -2.32. The Morgan fingerprint density at radius 2 is 2.12 bits per heavy atom. The van der Waals surface area contributed by atoms with Gasteiger partial charge >= 0.3 is 6.03 Å². The van der Waals surface area contributed by atoms with Crippen LogP contribution in [0.3, 0.4) is 0 Å². The minimum atomic E-state index is -0.131. The van der Waals surface area contributed by atoms with Gasteiger partial charge < -0.3 is 20.1 Å². The number of nitrogens with zero attached hydrogens (tertiary/aromatic N) is 3. The van der Waals surface area contributed by atoms with Crippen LogP contribution in [-0.2, 0) is 11.3 Å². The highest BCUT2D eigenvalue weighted by atomic mass is 16.2. The molecule has 0 aliphatic carbocycles. The van der Waals surface area contributed by atoms with Crippen LogP contribution in [0.2, 0.25) is 0 Å². The molecule has 2 atom stereocenters. The van der Waals surface area contributed by atoms with Gasteiger partial charge in [-0.2, -0.15) is 0 Å². The minimum absolute atomic E-state index is 0.0249. The Morgan fingerprint density at radius 1 is 1.33 bits per heavy atom. The first-order valence-corrected chi connectivity index (χ1v) is 8.74. The summed E-state index contributed by atoms with van der Waals surface area (Å²) in [5.41, 5.74) is 0. The van der Waals surface area contributed by atoms with Crippen LogP contribution in [-0.4, -0.2) is 52.1 Å². The van der Waals surface area contributed by atoms with Gasteiger partial charge in [0.05, 0.1) is 12.2 Å². The van der Waals surface area contributed by atoms with E-state index in [0.717, 1.165) is 19.4 Å². The van der Waals surface area contributed by atoms with Crippen molar-refractivity contribution in [3.8, 4) is 0 Å². The summed E-state index contributed by atoms with van der Waals surface area (Å²) in [4.78, 5) is 30.4. The SMILES string of the molecule is CC(C)CNC(=O)N1CCC[C@H](C(=O)N[C@H](C)Cn2ccnc2)C1. The standard InChI is InChI=1S/C17H29N5O2/c1-13(2)9-19-17(24)22-7-4-5-15(11-22)16(23)20-14(3)10-21-8-6-18-12-21/h6,8,12-15H,4-5,7,9-11H2,1-3H3,(H,19,24)(H,20,23)/t14-,15+/m1/s1. The molecule has 0 spiro atoms. The van der Waals surface area contributed by atoms with Crippen molar-refractivity contribution in [3.63, 3.8) is 0 Å². The number of hydrogen-bond acceptors (Lipinski definition) is 3. The predicted octanol–water partition coefficient (Wildman–Crippen LogP) is 1.47. The van der Waals surface area contributed by atoms with Gasteiger partial charge in [-0.3, -0.25) is 4.79 Å². The normalized spacial score (nSPS) is 19.2. The zero-order valence-corrected chi connectivity index (χ0v) is 14.9. The fourth-order valence-electron chi connectivity index (χ4n) is 2.90. The molecule has 0 unspecified atom stereocenters. The van der Waals surface area contributed by atoms with Crippen LogP contribution in [0.15, 0.2) is 18.7 Å². The van der Waals surface area contributed by atoms with E-state index in [-0.39, 0.29) is 23.9 Å². The third-order valence-electron chi connectivity index (χ3n) is 4.17. The maximum absolute atomic E-state index is 12.5. The van der Waals surface area contributed by atoms with Crippen LogP contribution in [0.1, 0.15) is 33.6 Å². The third-order valence-corrected chi connectivity index (χ3v) is 4.17. The van der Waals surface area contributed by atoms with Crippen LogP contribution in [0, 0.1) is 11.8 Å². The molecule has 3 amide bonds. The number of likely N-dealkylation sites (tertiary alicyclic amines) is 1. The highest BCUT2D eigenvalue weighted by Gasteiger charge is 2.28. The lowest BCUT2D eigenvalue weighted by Crippen LogP contribution is -2.50. The van der Waals surface area contributed by atoms with Crippen molar-refractivity contribution in [3.05, 3.63) is 18.7 Å². The van der Waals surface area contributed by atoms with E-state index < -0.39 is 0 Å². The quantitative estimate of drug-likeness (QED) is 0.826. The van der Waals surface area contributed by atoms with E-state index in [9.17, 15) is 9.59 Å². The van der Waals surface area contributed by atoms with Gasteiger partial charge in [-0.1, -0.05) is 13.8 Å². The van der Waals surface area contributed by atoms with Crippen molar-refractivity contribution in [2.45, 2.75) is 46.2 Å². The molecule has 2 N–H and O–H groups in total. The van der Waals surface area contributed by atoms with E-state index in [4.69, 9.17) is 0 Å². The number of carbonyl (C=O) groups is 2. The van der Waals surface area contributed by atoms with E-state index in [1.54, 1.807) is 17.4 Å². The summed E-state index contributed by atoms with van der Waals surface area (Å²) in [5, 5.41) is 5.98. The van der Waals surface area contributed by atoms with Crippen molar-refractivity contribution in [1.29, 1.82) is 0 Å². The summed E-state index contributed by atoms with van der Waals surface area (Å²) in [6.45, 7) is 8.67. The van der Waals surface area contributed by atoms with E-state index in [1.807, 2.05) is 17.7 Å². The van der Waals surface area contributed by atoms with Crippen LogP contribution >= 0.6 is 0 Å². The average Bonchev–Trinajstić information content (AvgIpc) is 3.05. The fourth-order valence-corrected chi connectivity index (χ4v) is 2.90. The molecule has 134 valence electrons. The van der Waals surface area contributed by atoms with E-state index >= 15 is 0 Å². The van der Waals surface area contributed by atoms with Crippen LogP contribution in [0.5, 0.6) is 0 Å². The minimum Gasteiger partial charge on any atom is -0.352 e. The average molecular weight is 335 g/mol. The Balaban J connectivity index is 1.80. The Hall–Kier alpha value is -2.05. The van der Waals surface area contributed by atoms with Crippen molar-refractivity contribution >= 4 is 11.9 Å². The molecule has 1 aliphatic rings. The summed E-state index contributed by atoms with van der Waals surface area (Å²) in [7, 11) is 0. The number of rotatable bonds is 6. The lowest BCUT2D eigenvalue weighted by molar-refractivity contribution is -0.127. The zero-order valence-electron chi connectivity index (χ0n) is 14.9. The topological polar surface area (TPSA) is 79.3 Å².